The van der Waals surface area contributed by atoms with E-state index >= 15 is 0 Å². The van der Waals surface area contributed by atoms with E-state index in [9.17, 15) is 8.42 Å². The lowest BCUT2D eigenvalue weighted by molar-refractivity contribution is 0.513. The first-order valence-electron chi connectivity index (χ1n) is 4.37. The zero-order valence-electron chi connectivity index (χ0n) is 8.56. The number of aromatic nitrogens is 2. The number of aryl methyl sites for hydroxylation is 1. The molecule has 2 N–H and O–H groups in total. The molecule has 0 unspecified atom stereocenters. The van der Waals surface area contributed by atoms with Gasteiger partial charge in [0.25, 0.3) is 10.0 Å². The van der Waals surface area contributed by atoms with Gasteiger partial charge in [0, 0.05) is 12.7 Å². The average Bonchev–Trinajstić information content (AvgIpc) is 2.30. The van der Waals surface area contributed by atoms with Gasteiger partial charge in [-0.1, -0.05) is 13.8 Å². The van der Waals surface area contributed by atoms with Gasteiger partial charge < -0.3 is 4.57 Å². The molecule has 0 radical (unpaired) electrons. The van der Waals surface area contributed by atoms with Gasteiger partial charge in [-0.3, -0.25) is 0 Å². The number of rotatable bonds is 3. The number of primary sulfonamides is 1. The maximum atomic E-state index is 11.0. The van der Waals surface area contributed by atoms with Crippen LogP contribution in [0, 0.1) is 12.8 Å². The molecule has 0 aromatic carbocycles. The predicted molar refractivity (Wildman–Crippen MR) is 53.2 cm³/mol. The Bertz CT molecular complexity index is 420. The van der Waals surface area contributed by atoms with Gasteiger partial charge in [0.2, 0.25) is 0 Å². The van der Waals surface area contributed by atoms with E-state index in [1.165, 1.54) is 6.20 Å². The van der Waals surface area contributed by atoms with Gasteiger partial charge in [0.15, 0.2) is 5.03 Å². The predicted octanol–water partition coefficient (Wildman–Crippen LogP) is 0.495. The molecule has 0 atom stereocenters. The molecule has 0 spiro atoms. The number of imidazole rings is 1. The van der Waals surface area contributed by atoms with Crippen LogP contribution in [0.1, 0.15) is 19.7 Å². The number of nitrogens with zero attached hydrogens (tertiary/aromatic N) is 2. The minimum Gasteiger partial charge on any atom is -0.333 e. The summed E-state index contributed by atoms with van der Waals surface area (Å²) < 4.78 is 23.8. The van der Waals surface area contributed by atoms with E-state index in [1.54, 1.807) is 11.5 Å². The van der Waals surface area contributed by atoms with E-state index < -0.39 is 10.0 Å². The van der Waals surface area contributed by atoms with E-state index in [0.717, 1.165) is 6.54 Å². The van der Waals surface area contributed by atoms with Crippen LogP contribution in [0.3, 0.4) is 0 Å². The summed E-state index contributed by atoms with van der Waals surface area (Å²) in [4.78, 5) is 3.88. The van der Waals surface area contributed by atoms with Crippen LogP contribution >= 0.6 is 0 Å². The first-order valence-corrected chi connectivity index (χ1v) is 5.92. The van der Waals surface area contributed by atoms with Crippen molar-refractivity contribution in [3.8, 4) is 0 Å². The van der Waals surface area contributed by atoms with Crippen LogP contribution in [0.2, 0.25) is 0 Å². The van der Waals surface area contributed by atoms with Crippen molar-refractivity contribution in [3.05, 3.63) is 12.0 Å². The Morgan fingerprint density at radius 3 is 2.50 bits per heavy atom. The van der Waals surface area contributed by atoms with Crippen LogP contribution in [0.5, 0.6) is 0 Å². The molecule has 0 aliphatic heterocycles. The lowest BCUT2D eigenvalue weighted by Gasteiger charge is -2.06. The molecule has 0 amide bonds. The second-order valence-corrected chi connectivity index (χ2v) is 5.23. The molecule has 1 heterocycles. The van der Waals surface area contributed by atoms with Crippen molar-refractivity contribution in [3.63, 3.8) is 0 Å². The Balaban J connectivity index is 3.06. The second-order valence-electron chi connectivity index (χ2n) is 3.72. The highest BCUT2D eigenvalue weighted by molar-refractivity contribution is 7.89. The topological polar surface area (TPSA) is 78.0 Å². The average molecular weight is 217 g/mol. The largest absolute Gasteiger partial charge is 0.333 e. The van der Waals surface area contributed by atoms with Crippen LogP contribution < -0.4 is 5.14 Å². The molecular weight excluding hydrogens is 202 g/mol. The van der Waals surface area contributed by atoms with E-state index in [2.05, 4.69) is 18.8 Å². The normalized spacial score (nSPS) is 12.4. The zero-order chi connectivity index (χ0) is 10.9. The standard InChI is InChI=1S/C8H15N3O2S/c1-6(2)4-11-5-8(10-7(11)3)14(9,12)13/h5-6H,4H2,1-3H3,(H2,9,12,13). The molecule has 0 saturated carbocycles. The van der Waals surface area contributed by atoms with E-state index in [-0.39, 0.29) is 5.03 Å². The van der Waals surface area contributed by atoms with Crippen molar-refractivity contribution < 1.29 is 8.42 Å². The number of hydrogen-bond donors (Lipinski definition) is 1. The first kappa shape index (κ1) is 11.2. The highest BCUT2D eigenvalue weighted by Gasteiger charge is 2.14. The zero-order valence-corrected chi connectivity index (χ0v) is 9.37. The van der Waals surface area contributed by atoms with Crippen molar-refractivity contribution in [1.82, 2.24) is 9.55 Å². The Morgan fingerprint density at radius 1 is 1.57 bits per heavy atom. The van der Waals surface area contributed by atoms with Crippen LogP contribution in [0.15, 0.2) is 11.2 Å². The van der Waals surface area contributed by atoms with E-state index in [1.807, 2.05) is 0 Å². The third-order valence-corrected chi connectivity index (χ3v) is 2.59. The van der Waals surface area contributed by atoms with Gasteiger partial charge in [-0.15, -0.1) is 0 Å². The maximum Gasteiger partial charge on any atom is 0.257 e. The molecule has 6 heteroatoms. The summed E-state index contributed by atoms with van der Waals surface area (Å²) in [5, 5.41) is 4.91. The minimum atomic E-state index is -3.67. The fourth-order valence-electron chi connectivity index (χ4n) is 1.19. The molecule has 5 nitrogen and oxygen atoms in total. The van der Waals surface area contributed by atoms with Crippen molar-refractivity contribution >= 4 is 10.0 Å². The minimum absolute atomic E-state index is 0.0596. The highest BCUT2D eigenvalue weighted by atomic mass is 32.2. The monoisotopic (exact) mass is 217 g/mol. The lowest BCUT2D eigenvalue weighted by Crippen LogP contribution is -2.12. The smallest absolute Gasteiger partial charge is 0.257 e. The summed E-state index contributed by atoms with van der Waals surface area (Å²) in [5.41, 5.74) is 0. The van der Waals surface area contributed by atoms with Gasteiger partial charge >= 0.3 is 0 Å². The third-order valence-electron chi connectivity index (χ3n) is 1.81. The molecule has 0 fully saturated rings. The van der Waals surface area contributed by atoms with Gasteiger partial charge in [-0.2, -0.15) is 0 Å². The molecule has 0 aliphatic carbocycles. The number of nitrogens with two attached hydrogens (primary N) is 1. The van der Waals surface area contributed by atoms with Gasteiger partial charge in [-0.25, -0.2) is 18.5 Å². The van der Waals surface area contributed by atoms with Crippen molar-refractivity contribution in [1.29, 1.82) is 0 Å². The van der Waals surface area contributed by atoms with Crippen LogP contribution in [-0.4, -0.2) is 18.0 Å². The summed E-state index contributed by atoms with van der Waals surface area (Å²) in [7, 11) is -3.67. The summed E-state index contributed by atoms with van der Waals surface area (Å²) in [6.45, 7) is 6.61. The SMILES string of the molecule is Cc1nc(S(N)(=O)=O)cn1CC(C)C. The van der Waals surface area contributed by atoms with Gasteiger partial charge in [0.05, 0.1) is 0 Å². The lowest BCUT2D eigenvalue weighted by atomic mass is 10.2. The first-order chi connectivity index (χ1) is 6.30. The van der Waals surface area contributed by atoms with Crippen molar-refractivity contribution in [2.75, 3.05) is 0 Å². The van der Waals surface area contributed by atoms with Gasteiger partial charge in [0.1, 0.15) is 5.82 Å². The summed E-state index contributed by atoms with van der Waals surface area (Å²) in [6.07, 6.45) is 1.48. The molecule has 1 aromatic heterocycles. The Labute approximate surface area is 84.0 Å². The summed E-state index contributed by atoms with van der Waals surface area (Å²) in [5.74, 6) is 1.11. The fraction of sp³-hybridized carbons (Fsp3) is 0.625. The van der Waals surface area contributed by atoms with E-state index in [0.29, 0.717) is 11.7 Å². The quantitative estimate of drug-likeness (QED) is 0.800. The maximum absolute atomic E-state index is 11.0. The van der Waals surface area contributed by atoms with Crippen molar-refractivity contribution in [2.45, 2.75) is 32.3 Å². The number of sulfonamides is 1. The molecule has 0 saturated heterocycles. The molecule has 80 valence electrons. The third kappa shape index (κ3) is 2.55. The Hall–Kier alpha value is -0.880. The fourth-order valence-corrected chi connectivity index (χ4v) is 1.73. The summed E-state index contributed by atoms with van der Waals surface area (Å²) in [6, 6.07) is 0. The molecule has 1 aromatic rings. The van der Waals surface area contributed by atoms with Crippen LogP contribution in [-0.2, 0) is 16.6 Å². The molecule has 0 bridgehead atoms. The highest BCUT2D eigenvalue weighted by Crippen LogP contribution is 2.09. The second kappa shape index (κ2) is 3.70. The summed E-state index contributed by atoms with van der Waals surface area (Å²) >= 11 is 0. The molecule has 1 rings (SSSR count). The number of hydrogen-bond acceptors (Lipinski definition) is 3. The Morgan fingerprint density at radius 2 is 2.14 bits per heavy atom. The van der Waals surface area contributed by atoms with Gasteiger partial charge in [-0.05, 0) is 12.8 Å². The molecule has 14 heavy (non-hydrogen) atoms. The molecule has 0 aliphatic rings. The Kier molecular flexibility index (Phi) is 2.96. The van der Waals surface area contributed by atoms with Crippen LogP contribution in [0.25, 0.3) is 0 Å². The van der Waals surface area contributed by atoms with Crippen LogP contribution in [0.4, 0.5) is 0 Å². The molecular formula is C8H15N3O2S. The van der Waals surface area contributed by atoms with E-state index in [4.69, 9.17) is 5.14 Å². The van der Waals surface area contributed by atoms with Crippen molar-refractivity contribution in [2.24, 2.45) is 11.1 Å².